The number of piperazine rings is 1. The normalized spacial score (nSPS) is 26.0. The Kier molecular flexibility index (Phi) is 4.01. The molecule has 6 nitrogen and oxygen atoms in total. The molecule has 4 heterocycles. The molecule has 2 aromatic rings. The van der Waals surface area contributed by atoms with Gasteiger partial charge in [-0.25, -0.2) is 15.0 Å². The molecule has 2 aliphatic heterocycles. The summed E-state index contributed by atoms with van der Waals surface area (Å²) in [5.74, 6) is 0.770. The Labute approximate surface area is 133 Å². The molecule has 2 aromatic heterocycles. The molecule has 0 amide bonds. The number of nitrogens with zero attached hydrogens (tertiary/aromatic N) is 5. The highest BCUT2D eigenvalue weighted by atomic mass is 32.1. The highest BCUT2D eigenvalue weighted by molar-refractivity contribution is 7.09. The zero-order valence-corrected chi connectivity index (χ0v) is 13.2. The second kappa shape index (κ2) is 6.28. The third-order valence-corrected chi connectivity index (χ3v) is 5.11. The SMILES string of the molecule is c1ncc(O[C@H]2C[C@H]3CN(Cc4nccs4)CCN3C2)cn1. The number of fused-ring (bicyclic) bond motifs is 1. The van der Waals surface area contributed by atoms with Crippen molar-refractivity contribution in [3.8, 4) is 5.75 Å². The molecular formula is C15H19N5OS. The third-order valence-electron chi connectivity index (χ3n) is 4.34. The van der Waals surface area contributed by atoms with Crippen molar-refractivity contribution in [1.29, 1.82) is 0 Å². The van der Waals surface area contributed by atoms with Gasteiger partial charge >= 0.3 is 0 Å². The topological polar surface area (TPSA) is 54.4 Å². The minimum absolute atomic E-state index is 0.246. The monoisotopic (exact) mass is 317 g/mol. The average Bonchev–Trinajstić information content (AvgIpc) is 3.17. The fourth-order valence-electron chi connectivity index (χ4n) is 3.35. The largest absolute Gasteiger partial charge is 0.486 e. The molecule has 2 saturated heterocycles. The van der Waals surface area contributed by atoms with Crippen molar-refractivity contribution in [3.63, 3.8) is 0 Å². The highest BCUT2D eigenvalue weighted by Crippen LogP contribution is 2.26. The molecule has 0 spiro atoms. The fraction of sp³-hybridized carbons (Fsp3) is 0.533. The van der Waals surface area contributed by atoms with Gasteiger partial charge in [-0.3, -0.25) is 9.80 Å². The molecule has 0 aliphatic carbocycles. The molecule has 2 fully saturated rings. The van der Waals surface area contributed by atoms with Crippen LogP contribution in [0.5, 0.6) is 5.75 Å². The summed E-state index contributed by atoms with van der Waals surface area (Å²) in [6, 6.07) is 0.586. The van der Waals surface area contributed by atoms with Gasteiger partial charge in [-0.15, -0.1) is 11.3 Å². The van der Waals surface area contributed by atoms with E-state index in [0.29, 0.717) is 6.04 Å². The molecule has 2 atom stereocenters. The summed E-state index contributed by atoms with van der Waals surface area (Å²) in [5, 5.41) is 3.26. The van der Waals surface area contributed by atoms with E-state index in [4.69, 9.17) is 4.74 Å². The minimum atomic E-state index is 0.246. The van der Waals surface area contributed by atoms with Crippen LogP contribution in [0, 0.1) is 0 Å². The molecule has 4 rings (SSSR count). The van der Waals surface area contributed by atoms with Crippen molar-refractivity contribution in [2.24, 2.45) is 0 Å². The molecule has 0 saturated carbocycles. The van der Waals surface area contributed by atoms with Gasteiger partial charge in [0.05, 0.1) is 18.9 Å². The lowest BCUT2D eigenvalue weighted by atomic mass is 10.1. The van der Waals surface area contributed by atoms with Crippen molar-refractivity contribution in [2.75, 3.05) is 26.2 Å². The molecule has 0 aromatic carbocycles. The van der Waals surface area contributed by atoms with E-state index in [1.165, 1.54) is 11.3 Å². The third kappa shape index (κ3) is 3.11. The van der Waals surface area contributed by atoms with Gasteiger partial charge in [0.15, 0.2) is 5.75 Å². The summed E-state index contributed by atoms with van der Waals surface area (Å²) >= 11 is 1.74. The lowest BCUT2D eigenvalue weighted by Gasteiger charge is -2.36. The standard InChI is InChI=1S/C15H19N5OS/c1-4-22-15(18-1)10-19-2-3-20-9-13(5-12(20)8-19)21-14-6-16-11-17-7-14/h1,4,6-7,11-13H,2-3,5,8-10H2/t12-,13-/m0/s1. The van der Waals surface area contributed by atoms with Crippen LogP contribution in [0.2, 0.25) is 0 Å². The van der Waals surface area contributed by atoms with Crippen molar-refractivity contribution in [2.45, 2.75) is 25.1 Å². The smallest absolute Gasteiger partial charge is 0.156 e. The Hall–Kier alpha value is -1.57. The summed E-state index contributed by atoms with van der Waals surface area (Å²) in [6.07, 6.45) is 8.20. The van der Waals surface area contributed by atoms with Crippen molar-refractivity contribution < 1.29 is 4.74 Å². The Balaban J connectivity index is 1.33. The minimum Gasteiger partial charge on any atom is -0.486 e. The Morgan fingerprint density at radius 3 is 2.95 bits per heavy atom. The molecular weight excluding hydrogens is 298 g/mol. The summed E-state index contributed by atoms with van der Waals surface area (Å²) in [6.45, 7) is 5.30. The van der Waals surface area contributed by atoms with Crippen molar-refractivity contribution in [3.05, 3.63) is 35.3 Å². The van der Waals surface area contributed by atoms with Crippen LogP contribution in [0.4, 0.5) is 0 Å². The summed E-state index contributed by atoms with van der Waals surface area (Å²) in [5.41, 5.74) is 0. The zero-order valence-electron chi connectivity index (χ0n) is 12.3. The molecule has 116 valence electrons. The van der Waals surface area contributed by atoms with E-state index in [0.717, 1.165) is 44.9 Å². The first-order valence-electron chi connectivity index (χ1n) is 7.63. The highest BCUT2D eigenvalue weighted by Gasteiger charge is 2.37. The average molecular weight is 317 g/mol. The van der Waals surface area contributed by atoms with Gasteiger partial charge in [0.2, 0.25) is 0 Å². The summed E-state index contributed by atoms with van der Waals surface area (Å²) < 4.78 is 6.01. The van der Waals surface area contributed by atoms with E-state index in [-0.39, 0.29) is 6.10 Å². The Morgan fingerprint density at radius 1 is 1.23 bits per heavy atom. The number of hydrogen-bond acceptors (Lipinski definition) is 7. The van der Waals surface area contributed by atoms with Crippen molar-refractivity contribution in [1.82, 2.24) is 24.8 Å². The first kappa shape index (κ1) is 14.0. The van der Waals surface area contributed by atoms with E-state index in [9.17, 15) is 0 Å². The van der Waals surface area contributed by atoms with Gasteiger partial charge in [0, 0.05) is 50.2 Å². The van der Waals surface area contributed by atoms with Crippen molar-refractivity contribution >= 4 is 11.3 Å². The maximum Gasteiger partial charge on any atom is 0.156 e. The molecule has 2 aliphatic rings. The Bertz CT molecular complexity index is 593. The van der Waals surface area contributed by atoms with Gasteiger partial charge in [-0.05, 0) is 0 Å². The fourth-order valence-corrected chi connectivity index (χ4v) is 4.01. The molecule has 7 heteroatoms. The number of ether oxygens (including phenoxy) is 1. The number of rotatable bonds is 4. The van der Waals surface area contributed by atoms with Gasteiger partial charge in [0.1, 0.15) is 17.4 Å². The molecule has 0 bridgehead atoms. The van der Waals surface area contributed by atoms with Gasteiger partial charge in [-0.2, -0.15) is 0 Å². The van der Waals surface area contributed by atoms with E-state index >= 15 is 0 Å². The summed E-state index contributed by atoms with van der Waals surface area (Å²) in [7, 11) is 0. The molecule has 0 unspecified atom stereocenters. The quantitative estimate of drug-likeness (QED) is 0.846. The number of thiazole rings is 1. The maximum atomic E-state index is 6.01. The van der Waals surface area contributed by atoms with Crippen LogP contribution in [0.25, 0.3) is 0 Å². The van der Waals surface area contributed by atoms with Gasteiger partial charge < -0.3 is 4.74 Å². The van der Waals surface area contributed by atoms with Crippen LogP contribution in [0.1, 0.15) is 11.4 Å². The molecule has 0 N–H and O–H groups in total. The van der Waals surface area contributed by atoms with E-state index < -0.39 is 0 Å². The predicted octanol–water partition coefficient (Wildman–Crippen LogP) is 1.27. The second-order valence-electron chi connectivity index (χ2n) is 5.86. The second-order valence-corrected chi connectivity index (χ2v) is 6.84. The van der Waals surface area contributed by atoms with Crippen LogP contribution in [0.15, 0.2) is 30.3 Å². The molecule has 0 radical (unpaired) electrons. The summed E-state index contributed by atoms with van der Waals surface area (Å²) in [4.78, 5) is 17.5. The number of hydrogen-bond donors (Lipinski definition) is 0. The zero-order chi connectivity index (χ0) is 14.8. The number of aromatic nitrogens is 3. The first-order valence-corrected chi connectivity index (χ1v) is 8.51. The van der Waals surface area contributed by atoms with Crippen LogP contribution in [-0.4, -0.2) is 63.1 Å². The van der Waals surface area contributed by atoms with E-state index in [1.54, 1.807) is 23.7 Å². The van der Waals surface area contributed by atoms with E-state index in [1.807, 2.05) is 11.6 Å². The lowest BCUT2D eigenvalue weighted by Crippen LogP contribution is -2.49. The maximum absolute atomic E-state index is 6.01. The van der Waals surface area contributed by atoms with Gasteiger partial charge in [-0.1, -0.05) is 0 Å². The first-order chi connectivity index (χ1) is 10.9. The van der Waals surface area contributed by atoms with Crippen LogP contribution < -0.4 is 4.74 Å². The van der Waals surface area contributed by atoms with Crippen LogP contribution in [-0.2, 0) is 6.54 Å². The Morgan fingerprint density at radius 2 is 2.14 bits per heavy atom. The van der Waals surface area contributed by atoms with Crippen LogP contribution >= 0.6 is 11.3 Å². The van der Waals surface area contributed by atoms with Crippen LogP contribution in [0.3, 0.4) is 0 Å². The lowest BCUT2D eigenvalue weighted by molar-refractivity contribution is 0.0977. The predicted molar refractivity (Wildman–Crippen MR) is 83.8 cm³/mol. The van der Waals surface area contributed by atoms with E-state index in [2.05, 4.69) is 24.8 Å². The molecule has 22 heavy (non-hydrogen) atoms. The van der Waals surface area contributed by atoms with Gasteiger partial charge in [0.25, 0.3) is 0 Å².